The molecule has 1 saturated carbocycles. The monoisotopic (exact) mass is 209 g/mol. The van der Waals surface area contributed by atoms with Crippen LogP contribution in [0.15, 0.2) is 4.42 Å². The van der Waals surface area contributed by atoms with Gasteiger partial charge in [0.15, 0.2) is 5.89 Å². The van der Waals surface area contributed by atoms with Gasteiger partial charge in [-0.3, -0.25) is 4.79 Å². The molecule has 4 nitrogen and oxygen atoms in total. The lowest BCUT2D eigenvalue weighted by Gasteiger charge is -1.94. The van der Waals surface area contributed by atoms with E-state index in [-0.39, 0.29) is 6.42 Å². The minimum absolute atomic E-state index is 0.117. The zero-order valence-electron chi connectivity index (χ0n) is 8.82. The normalized spacial score (nSPS) is 15.5. The molecule has 1 fully saturated rings. The Balaban J connectivity index is 2.09. The molecular formula is C11H15NO3. The van der Waals surface area contributed by atoms with E-state index in [2.05, 4.69) is 4.98 Å². The number of aromatic nitrogens is 1. The summed E-state index contributed by atoms with van der Waals surface area (Å²) in [5.74, 6) is 1.28. The lowest BCUT2D eigenvalue weighted by atomic mass is 10.2. The second kappa shape index (κ2) is 4.04. The number of aliphatic carboxylic acids is 1. The average molecular weight is 209 g/mol. The topological polar surface area (TPSA) is 63.3 Å². The fraction of sp³-hybridized carbons (Fsp3) is 0.636. The average Bonchev–Trinajstić information content (AvgIpc) is 2.96. The van der Waals surface area contributed by atoms with Gasteiger partial charge in [0.1, 0.15) is 5.76 Å². The van der Waals surface area contributed by atoms with Crippen LogP contribution in [-0.2, 0) is 17.6 Å². The Morgan fingerprint density at radius 1 is 1.60 bits per heavy atom. The van der Waals surface area contributed by atoms with Gasteiger partial charge in [0.05, 0.1) is 12.1 Å². The molecule has 0 aromatic carbocycles. The summed E-state index contributed by atoms with van der Waals surface area (Å²) >= 11 is 0. The standard InChI is InChI=1S/C11H15NO3/c1-2-8-9(5-6-10(13)14)15-11(12-8)7-3-4-7/h7H,2-6H2,1H3,(H,13,14). The fourth-order valence-electron chi connectivity index (χ4n) is 1.60. The van der Waals surface area contributed by atoms with Gasteiger partial charge < -0.3 is 9.52 Å². The summed E-state index contributed by atoms with van der Waals surface area (Å²) < 4.78 is 5.61. The molecule has 1 aliphatic rings. The number of carboxylic acids is 1. The molecule has 0 radical (unpaired) electrons. The minimum atomic E-state index is -0.790. The SMILES string of the molecule is CCc1nc(C2CC2)oc1CCC(=O)O. The van der Waals surface area contributed by atoms with E-state index in [1.165, 1.54) is 0 Å². The Bertz CT molecular complexity index is 366. The van der Waals surface area contributed by atoms with Crippen molar-refractivity contribution < 1.29 is 14.3 Å². The van der Waals surface area contributed by atoms with Gasteiger partial charge in [-0.05, 0) is 19.3 Å². The maximum Gasteiger partial charge on any atom is 0.303 e. The van der Waals surface area contributed by atoms with E-state index < -0.39 is 5.97 Å². The second-order valence-electron chi connectivity index (χ2n) is 3.94. The van der Waals surface area contributed by atoms with Crippen LogP contribution in [0.4, 0.5) is 0 Å². The second-order valence-corrected chi connectivity index (χ2v) is 3.94. The highest BCUT2D eigenvalue weighted by Gasteiger charge is 2.29. The van der Waals surface area contributed by atoms with Gasteiger partial charge in [0, 0.05) is 12.3 Å². The van der Waals surface area contributed by atoms with Crippen molar-refractivity contribution in [3.05, 3.63) is 17.3 Å². The van der Waals surface area contributed by atoms with E-state index in [1.54, 1.807) is 0 Å². The fourth-order valence-corrected chi connectivity index (χ4v) is 1.60. The van der Waals surface area contributed by atoms with Gasteiger partial charge in [-0.2, -0.15) is 0 Å². The molecule has 1 N–H and O–H groups in total. The van der Waals surface area contributed by atoms with Crippen molar-refractivity contribution in [1.29, 1.82) is 0 Å². The first-order valence-electron chi connectivity index (χ1n) is 5.41. The summed E-state index contributed by atoms with van der Waals surface area (Å²) in [6, 6.07) is 0. The number of aryl methyl sites for hydroxylation is 2. The van der Waals surface area contributed by atoms with Crippen LogP contribution in [0.3, 0.4) is 0 Å². The maximum absolute atomic E-state index is 10.5. The summed E-state index contributed by atoms with van der Waals surface area (Å²) in [5.41, 5.74) is 0.929. The Morgan fingerprint density at radius 3 is 2.87 bits per heavy atom. The third-order valence-electron chi connectivity index (χ3n) is 2.62. The predicted octanol–water partition coefficient (Wildman–Crippen LogP) is 2.13. The molecule has 15 heavy (non-hydrogen) atoms. The molecule has 0 bridgehead atoms. The van der Waals surface area contributed by atoms with Crippen molar-refractivity contribution >= 4 is 5.97 Å². The molecule has 0 unspecified atom stereocenters. The van der Waals surface area contributed by atoms with E-state index in [0.29, 0.717) is 12.3 Å². The lowest BCUT2D eigenvalue weighted by molar-refractivity contribution is -0.137. The smallest absolute Gasteiger partial charge is 0.303 e. The summed E-state index contributed by atoms with van der Waals surface area (Å²) in [6.07, 6.45) is 3.69. The van der Waals surface area contributed by atoms with E-state index >= 15 is 0 Å². The quantitative estimate of drug-likeness (QED) is 0.806. The molecule has 0 amide bonds. The molecule has 0 atom stereocenters. The Kier molecular flexibility index (Phi) is 2.75. The van der Waals surface area contributed by atoms with Crippen LogP contribution in [0.1, 0.15) is 49.4 Å². The molecule has 82 valence electrons. The van der Waals surface area contributed by atoms with Gasteiger partial charge in [-0.1, -0.05) is 6.92 Å². The van der Waals surface area contributed by atoms with E-state index in [9.17, 15) is 4.79 Å². The van der Waals surface area contributed by atoms with Crippen LogP contribution in [0.5, 0.6) is 0 Å². The van der Waals surface area contributed by atoms with Gasteiger partial charge >= 0.3 is 5.97 Å². The molecule has 1 aliphatic carbocycles. The van der Waals surface area contributed by atoms with Crippen molar-refractivity contribution in [3.8, 4) is 0 Å². The van der Waals surface area contributed by atoms with Gasteiger partial charge in [0.25, 0.3) is 0 Å². The molecule has 1 aromatic rings. The first-order valence-corrected chi connectivity index (χ1v) is 5.41. The molecule has 1 aromatic heterocycles. The molecule has 2 rings (SSSR count). The van der Waals surface area contributed by atoms with E-state index in [0.717, 1.165) is 36.6 Å². The van der Waals surface area contributed by atoms with Gasteiger partial charge in [-0.25, -0.2) is 4.98 Å². The van der Waals surface area contributed by atoms with Crippen molar-refractivity contribution in [2.75, 3.05) is 0 Å². The molecule has 4 heteroatoms. The third kappa shape index (κ3) is 2.37. The largest absolute Gasteiger partial charge is 0.481 e. The Morgan fingerprint density at radius 2 is 2.33 bits per heavy atom. The van der Waals surface area contributed by atoms with Crippen LogP contribution >= 0.6 is 0 Å². The summed E-state index contributed by atoms with van der Waals surface area (Å²) in [7, 11) is 0. The lowest BCUT2D eigenvalue weighted by Crippen LogP contribution is -1.98. The number of hydrogen-bond donors (Lipinski definition) is 1. The first-order chi connectivity index (χ1) is 7.20. The molecule has 0 aliphatic heterocycles. The molecule has 0 saturated heterocycles. The van der Waals surface area contributed by atoms with E-state index in [4.69, 9.17) is 9.52 Å². The molecule has 0 spiro atoms. The van der Waals surface area contributed by atoms with Crippen molar-refractivity contribution in [2.45, 2.75) is 44.9 Å². The summed E-state index contributed by atoms with van der Waals surface area (Å²) in [5, 5.41) is 8.60. The predicted molar refractivity (Wildman–Crippen MR) is 53.8 cm³/mol. The van der Waals surface area contributed by atoms with Crippen LogP contribution in [0.25, 0.3) is 0 Å². The molecular weight excluding hydrogens is 194 g/mol. The number of hydrogen-bond acceptors (Lipinski definition) is 3. The summed E-state index contributed by atoms with van der Waals surface area (Å²) in [4.78, 5) is 14.9. The van der Waals surface area contributed by atoms with Gasteiger partial charge in [-0.15, -0.1) is 0 Å². The van der Waals surface area contributed by atoms with Crippen molar-refractivity contribution in [3.63, 3.8) is 0 Å². The van der Waals surface area contributed by atoms with Crippen LogP contribution in [-0.4, -0.2) is 16.1 Å². The highest BCUT2D eigenvalue weighted by atomic mass is 16.4. The Hall–Kier alpha value is -1.32. The number of carboxylic acid groups (broad SMARTS) is 1. The van der Waals surface area contributed by atoms with Gasteiger partial charge in [0.2, 0.25) is 0 Å². The summed E-state index contributed by atoms with van der Waals surface area (Å²) in [6.45, 7) is 2.01. The minimum Gasteiger partial charge on any atom is -0.481 e. The van der Waals surface area contributed by atoms with Crippen LogP contribution in [0, 0.1) is 0 Å². The van der Waals surface area contributed by atoms with Crippen molar-refractivity contribution in [2.24, 2.45) is 0 Å². The van der Waals surface area contributed by atoms with Crippen LogP contribution < -0.4 is 0 Å². The first kappa shape index (κ1) is 10.2. The number of rotatable bonds is 5. The van der Waals surface area contributed by atoms with Crippen molar-refractivity contribution in [1.82, 2.24) is 4.98 Å². The highest BCUT2D eigenvalue weighted by molar-refractivity contribution is 5.66. The highest BCUT2D eigenvalue weighted by Crippen LogP contribution is 2.40. The number of carbonyl (C=O) groups is 1. The zero-order chi connectivity index (χ0) is 10.8. The van der Waals surface area contributed by atoms with E-state index in [1.807, 2.05) is 6.92 Å². The van der Waals surface area contributed by atoms with Crippen LogP contribution in [0.2, 0.25) is 0 Å². The maximum atomic E-state index is 10.5. The molecule has 1 heterocycles. The Labute approximate surface area is 88.3 Å². The number of nitrogens with zero attached hydrogens (tertiary/aromatic N) is 1. The number of oxazole rings is 1. The zero-order valence-corrected chi connectivity index (χ0v) is 8.82. The third-order valence-corrected chi connectivity index (χ3v) is 2.62.